The van der Waals surface area contributed by atoms with E-state index in [4.69, 9.17) is 0 Å². The molecule has 3 atom stereocenters. The molecule has 3 N–H and O–H groups in total. The topological polar surface area (TPSA) is 87.0 Å². The van der Waals surface area contributed by atoms with Crippen molar-refractivity contribution in [3.63, 3.8) is 0 Å². The summed E-state index contributed by atoms with van der Waals surface area (Å²) in [6, 6.07) is 0. The summed E-state index contributed by atoms with van der Waals surface area (Å²) in [5.74, 6) is -0.715. The van der Waals surface area contributed by atoms with Crippen LogP contribution in [-0.4, -0.2) is 46.0 Å². The van der Waals surface area contributed by atoms with Gasteiger partial charge in [0, 0.05) is 6.08 Å². The van der Waals surface area contributed by atoms with Crippen molar-refractivity contribution < 1.29 is 24.9 Å². The maximum Gasteiger partial charge on any atom is 0.190 e. The molecule has 74 valence electrons. The molecular weight excluding hydrogens is 176 g/mol. The smallest absolute Gasteiger partial charge is 0.190 e. The Hall–Kier alpha value is -0.910. The Morgan fingerprint density at radius 2 is 2.00 bits per heavy atom. The molecule has 1 aliphatic rings. The lowest BCUT2D eigenvalue weighted by atomic mass is 9.84. The molecule has 0 heterocycles. The molecule has 0 amide bonds. The molecule has 13 heavy (non-hydrogen) atoms. The first kappa shape index (κ1) is 10.2. The highest BCUT2D eigenvalue weighted by atomic mass is 16.5. The summed E-state index contributed by atoms with van der Waals surface area (Å²) in [6.45, 7) is 1.17. The fourth-order valence-electron chi connectivity index (χ4n) is 1.19. The Balaban J connectivity index is 3.08. The molecule has 0 aromatic heterocycles. The maximum absolute atomic E-state index is 11.0. The second kappa shape index (κ2) is 3.10. The van der Waals surface area contributed by atoms with E-state index < -0.39 is 23.6 Å². The van der Waals surface area contributed by atoms with Gasteiger partial charge in [-0.25, -0.2) is 0 Å². The van der Waals surface area contributed by atoms with E-state index in [1.807, 2.05) is 0 Å². The van der Waals surface area contributed by atoms with E-state index in [-0.39, 0.29) is 5.76 Å². The van der Waals surface area contributed by atoms with Crippen LogP contribution in [0.1, 0.15) is 6.92 Å². The highest BCUT2D eigenvalue weighted by molar-refractivity contribution is 5.96. The van der Waals surface area contributed by atoms with Gasteiger partial charge in [0.2, 0.25) is 0 Å². The van der Waals surface area contributed by atoms with E-state index in [1.54, 1.807) is 0 Å². The van der Waals surface area contributed by atoms with Gasteiger partial charge in [-0.15, -0.1) is 0 Å². The number of hydrogen-bond acceptors (Lipinski definition) is 5. The minimum Gasteiger partial charge on any atom is -0.498 e. The first-order valence-corrected chi connectivity index (χ1v) is 3.79. The van der Waals surface area contributed by atoms with Gasteiger partial charge in [-0.3, -0.25) is 4.79 Å². The van der Waals surface area contributed by atoms with Crippen LogP contribution in [0, 0.1) is 0 Å². The third kappa shape index (κ3) is 1.46. The standard InChI is InChI=1S/C8H12O5/c1-8(12)6(10)4(9)3-5(13-2)7(8)11/h3,6-7,10-12H,1-2H3. The summed E-state index contributed by atoms with van der Waals surface area (Å²) in [5, 5.41) is 28.2. The van der Waals surface area contributed by atoms with E-state index in [0.29, 0.717) is 0 Å². The van der Waals surface area contributed by atoms with E-state index in [9.17, 15) is 20.1 Å². The average molecular weight is 188 g/mol. The molecule has 0 saturated heterocycles. The number of carbonyl (C=O) groups excluding carboxylic acids is 1. The van der Waals surface area contributed by atoms with Gasteiger partial charge in [0.1, 0.15) is 23.6 Å². The Labute approximate surface area is 75.3 Å². The van der Waals surface area contributed by atoms with Gasteiger partial charge in [0.25, 0.3) is 0 Å². The molecule has 0 bridgehead atoms. The molecule has 1 rings (SSSR count). The predicted octanol–water partition coefficient (Wildman–Crippen LogP) is -1.43. The summed E-state index contributed by atoms with van der Waals surface area (Å²) >= 11 is 0. The number of aliphatic hydroxyl groups is 3. The molecule has 5 heteroatoms. The van der Waals surface area contributed by atoms with Crippen molar-refractivity contribution >= 4 is 5.78 Å². The number of rotatable bonds is 1. The normalized spacial score (nSPS) is 40.1. The first-order chi connectivity index (χ1) is 5.91. The summed E-state index contributed by atoms with van der Waals surface area (Å²) in [6.07, 6.45) is -2.01. The molecule has 3 unspecified atom stereocenters. The van der Waals surface area contributed by atoms with Gasteiger partial charge < -0.3 is 20.1 Å². The van der Waals surface area contributed by atoms with Crippen molar-refractivity contribution in [1.29, 1.82) is 0 Å². The van der Waals surface area contributed by atoms with E-state index in [2.05, 4.69) is 4.74 Å². The fraction of sp³-hybridized carbons (Fsp3) is 0.625. The van der Waals surface area contributed by atoms with Crippen molar-refractivity contribution in [2.45, 2.75) is 24.7 Å². The molecule has 0 aromatic rings. The molecule has 0 aromatic carbocycles. The number of ketones is 1. The van der Waals surface area contributed by atoms with Gasteiger partial charge in [-0.05, 0) is 6.92 Å². The quantitative estimate of drug-likeness (QED) is 0.469. The number of methoxy groups -OCH3 is 1. The highest BCUT2D eigenvalue weighted by Crippen LogP contribution is 2.27. The van der Waals surface area contributed by atoms with Gasteiger partial charge in [0.15, 0.2) is 5.78 Å². The predicted molar refractivity (Wildman–Crippen MR) is 42.7 cm³/mol. The lowest BCUT2D eigenvalue weighted by Crippen LogP contribution is -2.56. The third-order valence-electron chi connectivity index (χ3n) is 2.17. The number of hydrogen-bond donors (Lipinski definition) is 3. The second-order valence-corrected chi connectivity index (χ2v) is 3.18. The zero-order chi connectivity index (χ0) is 10.2. The lowest BCUT2D eigenvalue weighted by molar-refractivity contribution is -0.159. The van der Waals surface area contributed by atoms with Gasteiger partial charge in [0.05, 0.1) is 7.11 Å². The van der Waals surface area contributed by atoms with Crippen molar-refractivity contribution in [3.8, 4) is 0 Å². The fourth-order valence-corrected chi connectivity index (χ4v) is 1.19. The van der Waals surface area contributed by atoms with Gasteiger partial charge in [-0.1, -0.05) is 0 Å². The summed E-state index contributed by atoms with van der Waals surface area (Å²) in [7, 11) is 1.27. The van der Waals surface area contributed by atoms with Crippen molar-refractivity contribution in [2.24, 2.45) is 0 Å². The van der Waals surface area contributed by atoms with Crippen molar-refractivity contribution in [1.82, 2.24) is 0 Å². The number of carbonyl (C=O) groups is 1. The maximum atomic E-state index is 11.0. The molecule has 0 spiro atoms. The average Bonchev–Trinajstić information content (AvgIpc) is 2.09. The zero-order valence-corrected chi connectivity index (χ0v) is 7.39. The summed E-state index contributed by atoms with van der Waals surface area (Å²) in [4.78, 5) is 11.0. The summed E-state index contributed by atoms with van der Waals surface area (Å²) < 4.78 is 4.68. The second-order valence-electron chi connectivity index (χ2n) is 3.18. The van der Waals surface area contributed by atoms with Crippen LogP contribution in [0.15, 0.2) is 11.8 Å². The molecule has 0 radical (unpaired) electrons. The Bertz CT molecular complexity index is 255. The van der Waals surface area contributed by atoms with Crippen LogP contribution < -0.4 is 0 Å². The van der Waals surface area contributed by atoms with Gasteiger partial charge in [-0.2, -0.15) is 0 Å². The number of aliphatic hydroxyl groups excluding tert-OH is 2. The minimum atomic E-state index is -1.89. The molecule has 0 saturated carbocycles. The van der Waals surface area contributed by atoms with Crippen LogP contribution in [0.2, 0.25) is 0 Å². The summed E-state index contributed by atoms with van der Waals surface area (Å²) in [5.41, 5.74) is -1.89. The number of ether oxygens (including phenoxy) is 1. The first-order valence-electron chi connectivity index (χ1n) is 3.79. The molecular formula is C8H12O5. The molecule has 1 aliphatic carbocycles. The highest BCUT2D eigenvalue weighted by Gasteiger charge is 2.47. The Kier molecular flexibility index (Phi) is 2.42. The van der Waals surface area contributed by atoms with Crippen LogP contribution in [0.5, 0.6) is 0 Å². The molecule has 0 aliphatic heterocycles. The monoisotopic (exact) mass is 188 g/mol. The van der Waals surface area contributed by atoms with Gasteiger partial charge >= 0.3 is 0 Å². The van der Waals surface area contributed by atoms with E-state index >= 15 is 0 Å². The van der Waals surface area contributed by atoms with Crippen LogP contribution in [0.3, 0.4) is 0 Å². The van der Waals surface area contributed by atoms with Crippen molar-refractivity contribution in [2.75, 3.05) is 7.11 Å². The Morgan fingerprint density at radius 3 is 2.46 bits per heavy atom. The van der Waals surface area contributed by atoms with Crippen LogP contribution in [0.25, 0.3) is 0 Å². The zero-order valence-electron chi connectivity index (χ0n) is 7.39. The van der Waals surface area contributed by atoms with E-state index in [1.165, 1.54) is 14.0 Å². The van der Waals surface area contributed by atoms with Crippen molar-refractivity contribution in [3.05, 3.63) is 11.8 Å². The van der Waals surface area contributed by atoms with Crippen LogP contribution in [0.4, 0.5) is 0 Å². The lowest BCUT2D eigenvalue weighted by Gasteiger charge is -2.35. The minimum absolute atomic E-state index is 0.0414. The van der Waals surface area contributed by atoms with E-state index in [0.717, 1.165) is 6.08 Å². The van der Waals surface area contributed by atoms with Crippen LogP contribution >= 0.6 is 0 Å². The molecule has 5 nitrogen and oxygen atoms in total. The Morgan fingerprint density at radius 1 is 1.46 bits per heavy atom. The largest absolute Gasteiger partial charge is 0.498 e. The SMILES string of the molecule is COC1=CC(=O)C(O)C(C)(O)C1O. The molecule has 0 fully saturated rings. The van der Waals surface area contributed by atoms with Crippen LogP contribution in [-0.2, 0) is 9.53 Å². The third-order valence-corrected chi connectivity index (χ3v) is 2.17.